The Kier molecular flexibility index (Phi) is 4.57. The van der Waals surface area contributed by atoms with E-state index in [2.05, 4.69) is 30.4 Å². The van der Waals surface area contributed by atoms with E-state index in [0.29, 0.717) is 11.6 Å². The highest BCUT2D eigenvalue weighted by atomic mass is 35.5. The fourth-order valence-corrected chi connectivity index (χ4v) is 2.04. The molecular formula is C16H15ClN2. The first-order chi connectivity index (χ1) is 9.20. The Labute approximate surface area is 118 Å². The number of hydrogen-bond donors (Lipinski definition) is 1. The molecule has 19 heavy (non-hydrogen) atoms. The maximum atomic E-state index is 9.25. The Morgan fingerprint density at radius 2 is 1.84 bits per heavy atom. The van der Waals surface area contributed by atoms with Crippen LogP contribution in [0.25, 0.3) is 0 Å². The molecule has 0 aliphatic rings. The van der Waals surface area contributed by atoms with Gasteiger partial charge in [-0.15, -0.1) is 0 Å². The topological polar surface area (TPSA) is 35.8 Å². The van der Waals surface area contributed by atoms with Crippen LogP contribution in [0.4, 0.5) is 0 Å². The maximum absolute atomic E-state index is 9.25. The summed E-state index contributed by atoms with van der Waals surface area (Å²) in [6, 6.07) is 17.5. The summed E-state index contributed by atoms with van der Waals surface area (Å²) in [5.74, 6) is 0. The van der Waals surface area contributed by atoms with Gasteiger partial charge in [-0.25, -0.2) is 0 Å². The standard InChI is InChI=1S/C16H15ClN2/c1-12-4-2-3-5-14(12)11-19-16(10-18)13-6-8-15(17)9-7-13/h2-9,16,19H,11H2,1H3. The summed E-state index contributed by atoms with van der Waals surface area (Å²) in [6.45, 7) is 2.74. The summed E-state index contributed by atoms with van der Waals surface area (Å²) in [5.41, 5.74) is 3.36. The van der Waals surface area contributed by atoms with Gasteiger partial charge in [0.15, 0.2) is 0 Å². The van der Waals surface area contributed by atoms with Crippen molar-refractivity contribution in [2.24, 2.45) is 0 Å². The Morgan fingerprint density at radius 3 is 2.47 bits per heavy atom. The molecule has 0 fully saturated rings. The number of nitrogens with zero attached hydrogens (tertiary/aromatic N) is 1. The minimum absolute atomic E-state index is 0.322. The lowest BCUT2D eigenvalue weighted by atomic mass is 10.1. The lowest BCUT2D eigenvalue weighted by Crippen LogP contribution is -2.19. The van der Waals surface area contributed by atoms with E-state index in [4.69, 9.17) is 11.6 Å². The first-order valence-corrected chi connectivity index (χ1v) is 6.51. The van der Waals surface area contributed by atoms with Crippen LogP contribution in [0.2, 0.25) is 5.02 Å². The summed E-state index contributed by atoms with van der Waals surface area (Å²) in [6.07, 6.45) is 0. The van der Waals surface area contributed by atoms with Gasteiger partial charge in [0, 0.05) is 11.6 Å². The summed E-state index contributed by atoms with van der Waals surface area (Å²) in [4.78, 5) is 0. The molecule has 0 aromatic heterocycles. The average Bonchev–Trinajstić information content (AvgIpc) is 2.43. The zero-order valence-corrected chi connectivity index (χ0v) is 11.5. The molecule has 0 saturated carbocycles. The second kappa shape index (κ2) is 6.38. The number of nitriles is 1. The zero-order chi connectivity index (χ0) is 13.7. The summed E-state index contributed by atoms with van der Waals surface area (Å²) in [5, 5.41) is 13.2. The average molecular weight is 271 g/mol. The maximum Gasteiger partial charge on any atom is 0.121 e. The van der Waals surface area contributed by atoms with Gasteiger partial charge < -0.3 is 0 Å². The van der Waals surface area contributed by atoms with E-state index < -0.39 is 0 Å². The first kappa shape index (κ1) is 13.6. The predicted octanol–water partition coefficient (Wildman–Crippen LogP) is 4.00. The van der Waals surface area contributed by atoms with Crippen molar-refractivity contribution in [3.63, 3.8) is 0 Å². The van der Waals surface area contributed by atoms with Crippen molar-refractivity contribution in [2.45, 2.75) is 19.5 Å². The van der Waals surface area contributed by atoms with E-state index in [9.17, 15) is 5.26 Å². The van der Waals surface area contributed by atoms with Crippen LogP contribution in [0.5, 0.6) is 0 Å². The number of halogens is 1. The van der Waals surface area contributed by atoms with E-state index in [0.717, 1.165) is 5.56 Å². The van der Waals surface area contributed by atoms with Crippen LogP contribution in [0, 0.1) is 18.3 Å². The van der Waals surface area contributed by atoms with Gasteiger partial charge in [0.25, 0.3) is 0 Å². The van der Waals surface area contributed by atoms with Gasteiger partial charge in [-0.3, -0.25) is 5.32 Å². The highest BCUT2D eigenvalue weighted by molar-refractivity contribution is 6.30. The normalized spacial score (nSPS) is 11.8. The molecule has 1 unspecified atom stereocenters. The molecule has 2 nitrogen and oxygen atoms in total. The summed E-state index contributed by atoms with van der Waals surface area (Å²) >= 11 is 5.85. The van der Waals surface area contributed by atoms with Crippen LogP contribution in [-0.2, 0) is 6.54 Å². The predicted molar refractivity (Wildman–Crippen MR) is 77.8 cm³/mol. The molecule has 0 bridgehead atoms. The van der Waals surface area contributed by atoms with Gasteiger partial charge in [0.05, 0.1) is 6.07 Å². The van der Waals surface area contributed by atoms with E-state index in [1.165, 1.54) is 11.1 Å². The monoisotopic (exact) mass is 270 g/mol. The number of nitrogens with one attached hydrogen (secondary N) is 1. The molecule has 96 valence electrons. The van der Waals surface area contributed by atoms with Crippen LogP contribution >= 0.6 is 11.6 Å². The van der Waals surface area contributed by atoms with Gasteiger partial charge >= 0.3 is 0 Å². The van der Waals surface area contributed by atoms with Gasteiger partial charge in [0.1, 0.15) is 6.04 Å². The molecule has 0 aliphatic carbocycles. The van der Waals surface area contributed by atoms with E-state index in [1.54, 1.807) is 12.1 Å². The van der Waals surface area contributed by atoms with Crippen molar-refractivity contribution in [1.82, 2.24) is 5.32 Å². The lowest BCUT2D eigenvalue weighted by molar-refractivity contribution is 0.628. The van der Waals surface area contributed by atoms with E-state index in [1.807, 2.05) is 24.3 Å². The fraction of sp³-hybridized carbons (Fsp3) is 0.188. The van der Waals surface area contributed by atoms with Gasteiger partial charge in [-0.1, -0.05) is 48.0 Å². The van der Waals surface area contributed by atoms with Crippen LogP contribution in [0.15, 0.2) is 48.5 Å². The summed E-state index contributed by atoms with van der Waals surface area (Å²) in [7, 11) is 0. The highest BCUT2D eigenvalue weighted by Crippen LogP contribution is 2.17. The van der Waals surface area contributed by atoms with Crippen molar-refractivity contribution in [1.29, 1.82) is 5.26 Å². The first-order valence-electron chi connectivity index (χ1n) is 6.13. The van der Waals surface area contributed by atoms with Gasteiger partial charge in [-0.2, -0.15) is 5.26 Å². The quantitative estimate of drug-likeness (QED) is 0.911. The second-order valence-electron chi connectivity index (χ2n) is 4.42. The molecule has 1 atom stereocenters. The minimum atomic E-state index is -0.322. The van der Waals surface area contributed by atoms with Crippen molar-refractivity contribution in [3.8, 4) is 6.07 Å². The minimum Gasteiger partial charge on any atom is -0.294 e. The largest absolute Gasteiger partial charge is 0.294 e. The molecule has 0 aliphatic heterocycles. The van der Waals surface area contributed by atoms with Crippen LogP contribution < -0.4 is 5.32 Å². The molecular weight excluding hydrogens is 256 g/mol. The molecule has 3 heteroatoms. The molecule has 0 amide bonds. The molecule has 2 aromatic carbocycles. The van der Waals surface area contributed by atoms with Crippen LogP contribution in [0.1, 0.15) is 22.7 Å². The summed E-state index contributed by atoms with van der Waals surface area (Å²) < 4.78 is 0. The van der Waals surface area contributed by atoms with Gasteiger partial charge in [0.2, 0.25) is 0 Å². The number of aryl methyl sites for hydroxylation is 1. The molecule has 0 radical (unpaired) electrons. The highest BCUT2D eigenvalue weighted by Gasteiger charge is 2.09. The van der Waals surface area contributed by atoms with Crippen molar-refractivity contribution in [3.05, 3.63) is 70.2 Å². The molecule has 1 N–H and O–H groups in total. The van der Waals surface area contributed by atoms with Crippen LogP contribution in [0.3, 0.4) is 0 Å². The fourth-order valence-electron chi connectivity index (χ4n) is 1.91. The Balaban J connectivity index is 2.07. The molecule has 2 aromatic rings. The third-order valence-electron chi connectivity index (χ3n) is 3.09. The second-order valence-corrected chi connectivity index (χ2v) is 4.86. The van der Waals surface area contributed by atoms with Crippen LogP contribution in [-0.4, -0.2) is 0 Å². The molecule has 0 spiro atoms. The van der Waals surface area contributed by atoms with Crippen molar-refractivity contribution >= 4 is 11.6 Å². The zero-order valence-electron chi connectivity index (χ0n) is 10.7. The molecule has 2 rings (SSSR count). The number of benzene rings is 2. The van der Waals surface area contributed by atoms with E-state index >= 15 is 0 Å². The third-order valence-corrected chi connectivity index (χ3v) is 3.34. The molecule has 0 heterocycles. The Bertz CT molecular complexity index is 584. The smallest absolute Gasteiger partial charge is 0.121 e. The van der Waals surface area contributed by atoms with E-state index in [-0.39, 0.29) is 6.04 Å². The Morgan fingerprint density at radius 1 is 1.16 bits per heavy atom. The lowest BCUT2D eigenvalue weighted by Gasteiger charge is -2.13. The number of rotatable bonds is 4. The van der Waals surface area contributed by atoms with Crippen molar-refractivity contribution < 1.29 is 0 Å². The Hall–Kier alpha value is -1.82. The molecule has 0 saturated heterocycles. The van der Waals surface area contributed by atoms with Gasteiger partial charge in [-0.05, 0) is 35.7 Å². The van der Waals surface area contributed by atoms with Crippen molar-refractivity contribution in [2.75, 3.05) is 0 Å². The number of hydrogen-bond acceptors (Lipinski definition) is 2. The third kappa shape index (κ3) is 3.57. The SMILES string of the molecule is Cc1ccccc1CNC(C#N)c1ccc(Cl)cc1.